The molecular weight excluding hydrogens is 418 g/mol. The number of rotatable bonds is 6. The summed E-state index contributed by atoms with van der Waals surface area (Å²) in [5, 5.41) is 6.02. The average molecular weight is 438 g/mol. The number of para-hydroxylation sites is 2. The minimum absolute atomic E-state index is 0.0733. The minimum atomic E-state index is -0.553. The molecule has 0 unspecified atom stereocenters. The van der Waals surface area contributed by atoms with Gasteiger partial charge in [0, 0.05) is 13.0 Å². The summed E-state index contributed by atoms with van der Waals surface area (Å²) >= 11 is 6.20. The average Bonchev–Trinajstić information content (AvgIpc) is 3.42. The van der Waals surface area contributed by atoms with Crippen molar-refractivity contribution in [2.45, 2.75) is 13.0 Å². The van der Waals surface area contributed by atoms with Crippen LogP contribution in [-0.2, 0) is 16.1 Å². The van der Waals surface area contributed by atoms with Gasteiger partial charge >= 0.3 is 0 Å². The second-order valence-electron chi connectivity index (χ2n) is 7.15. The molecule has 7 nitrogen and oxygen atoms in total. The van der Waals surface area contributed by atoms with Crippen molar-refractivity contribution in [3.8, 4) is 0 Å². The lowest BCUT2D eigenvalue weighted by Gasteiger charge is -2.18. The number of furan rings is 1. The van der Waals surface area contributed by atoms with E-state index >= 15 is 0 Å². The van der Waals surface area contributed by atoms with Gasteiger partial charge in [0.2, 0.25) is 11.8 Å². The van der Waals surface area contributed by atoms with Crippen molar-refractivity contribution in [2.75, 3.05) is 16.8 Å². The first kappa shape index (κ1) is 20.7. The Kier molecular flexibility index (Phi) is 6.04. The molecule has 1 saturated heterocycles. The fraction of sp³-hybridized carbons (Fsp3) is 0.174. The van der Waals surface area contributed by atoms with E-state index in [9.17, 15) is 14.4 Å². The van der Waals surface area contributed by atoms with Crippen LogP contribution in [0.3, 0.4) is 0 Å². The highest BCUT2D eigenvalue weighted by molar-refractivity contribution is 6.34. The predicted octanol–water partition coefficient (Wildman–Crippen LogP) is 3.85. The van der Waals surface area contributed by atoms with E-state index in [-0.39, 0.29) is 37.2 Å². The summed E-state index contributed by atoms with van der Waals surface area (Å²) in [6.07, 6.45) is 1.61. The van der Waals surface area contributed by atoms with Gasteiger partial charge < -0.3 is 20.0 Å². The van der Waals surface area contributed by atoms with Gasteiger partial charge in [-0.25, -0.2) is 0 Å². The van der Waals surface area contributed by atoms with Gasteiger partial charge in [-0.15, -0.1) is 0 Å². The molecule has 2 N–H and O–H groups in total. The molecule has 0 radical (unpaired) electrons. The summed E-state index contributed by atoms with van der Waals surface area (Å²) in [6.45, 7) is 0.458. The summed E-state index contributed by atoms with van der Waals surface area (Å²) in [5.74, 6) is -0.763. The molecule has 0 bridgehead atoms. The zero-order valence-corrected chi connectivity index (χ0v) is 17.3. The fourth-order valence-electron chi connectivity index (χ4n) is 3.49. The zero-order chi connectivity index (χ0) is 21.8. The van der Waals surface area contributed by atoms with Crippen molar-refractivity contribution < 1.29 is 18.8 Å². The topological polar surface area (TPSA) is 91.6 Å². The van der Waals surface area contributed by atoms with E-state index in [0.717, 1.165) is 0 Å². The number of benzene rings is 2. The third kappa shape index (κ3) is 4.62. The molecule has 0 aliphatic carbocycles. The minimum Gasteiger partial charge on any atom is -0.467 e. The Hall–Kier alpha value is -3.58. The van der Waals surface area contributed by atoms with Gasteiger partial charge in [-0.1, -0.05) is 35.9 Å². The Balaban J connectivity index is 1.44. The quantitative estimate of drug-likeness (QED) is 0.612. The first-order chi connectivity index (χ1) is 15.0. The molecule has 1 aromatic heterocycles. The Morgan fingerprint density at radius 1 is 1.06 bits per heavy atom. The number of nitrogens with zero attached hydrogens (tertiary/aromatic N) is 1. The summed E-state index contributed by atoms with van der Waals surface area (Å²) in [7, 11) is 0. The molecule has 0 saturated carbocycles. The van der Waals surface area contributed by atoms with Crippen molar-refractivity contribution in [1.29, 1.82) is 0 Å². The first-order valence-corrected chi connectivity index (χ1v) is 10.2. The molecule has 4 rings (SSSR count). The van der Waals surface area contributed by atoms with E-state index in [1.165, 1.54) is 11.2 Å². The van der Waals surface area contributed by atoms with E-state index in [1.54, 1.807) is 60.7 Å². The number of carbonyl (C=O) groups is 3. The Bertz CT molecular complexity index is 1110. The Morgan fingerprint density at radius 2 is 1.84 bits per heavy atom. The van der Waals surface area contributed by atoms with E-state index in [1.807, 2.05) is 0 Å². The lowest BCUT2D eigenvalue weighted by molar-refractivity contribution is -0.122. The smallest absolute Gasteiger partial charge is 0.253 e. The molecule has 1 fully saturated rings. The van der Waals surface area contributed by atoms with Gasteiger partial charge in [-0.3, -0.25) is 14.4 Å². The van der Waals surface area contributed by atoms with Crippen molar-refractivity contribution in [3.05, 3.63) is 83.3 Å². The van der Waals surface area contributed by atoms with Gasteiger partial charge in [-0.05, 0) is 36.4 Å². The lowest BCUT2D eigenvalue weighted by atomic mass is 10.1. The Labute approximate surface area is 184 Å². The second-order valence-corrected chi connectivity index (χ2v) is 7.56. The molecule has 0 spiro atoms. The van der Waals surface area contributed by atoms with E-state index < -0.39 is 5.92 Å². The summed E-state index contributed by atoms with van der Waals surface area (Å²) in [5.41, 5.74) is 1.30. The summed E-state index contributed by atoms with van der Waals surface area (Å²) in [4.78, 5) is 39.5. The van der Waals surface area contributed by atoms with E-state index in [2.05, 4.69) is 10.6 Å². The van der Waals surface area contributed by atoms with Crippen LogP contribution in [0.1, 0.15) is 22.5 Å². The zero-order valence-electron chi connectivity index (χ0n) is 16.5. The molecule has 3 amide bonds. The number of hydrogen-bond acceptors (Lipinski definition) is 4. The number of carbonyl (C=O) groups excluding carboxylic acids is 3. The van der Waals surface area contributed by atoms with Crippen LogP contribution in [0.2, 0.25) is 5.02 Å². The number of nitrogens with one attached hydrogen (secondary N) is 2. The molecule has 1 aliphatic rings. The molecular formula is C23H20ClN3O4. The third-order valence-corrected chi connectivity index (χ3v) is 5.39. The van der Waals surface area contributed by atoms with Crippen LogP contribution in [0.5, 0.6) is 0 Å². The molecule has 3 aromatic rings. The largest absolute Gasteiger partial charge is 0.467 e. The maximum atomic E-state index is 12.9. The lowest BCUT2D eigenvalue weighted by Crippen LogP contribution is -2.29. The molecule has 2 heterocycles. The Morgan fingerprint density at radius 3 is 2.61 bits per heavy atom. The van der Waals surface area contributed by atoms with Gasteiger partial charge in [0.25, 0.3) is 5.91 Å². The van der Waals surface area contributed by atoms with Gasteiger partial charge in [0.15, 0.2) is 0 Å². The molecule has 2 aromatic carbocycles. The highest BCUT2D eigenvalue weighted by Crippen LogP contribution is 2.31. The second kappa shape index (κ2) is 9.06. The van der Waals surface area contributed by atoms with E-state index in [0.29, 0.717) is 27.7 Å². The summed E-state index contributed by atoms with van der Waals surface area (Å²) in [6, 6.07) is 17.3. The fourth-order valence-corrected chi connectivity index (χ4v) is 3.73. The molecule has 158 valence electrons. The van der Waals surface area contributed by atoms with Crippen LogP contribution in [0.15, 0.2) is 71.3 Å². The molecule has 1 atom stereocenters. The number of halogens is 1. The van der Waals surface area contributed by atoms with Crippen LogP contribution in [-0.4, -0.2) is 24.3 Å². The van der Waals surface area contributed by atoms with Crippen molar-refractivity contribution >= 4 is 40.7 Å². The highest BCUT2D eigenvalue weighted by Gasteiger charge is 2.36. The molecule has 8 heteroatoms. The first-order valence-electron chi connectivity index (χ1n) is 9.78. The number of hydrogen-bond donors (Lipinski definition) is 2. The van der Waals surface area contributed by atoms with Crippen molar-refractivity contribution in [1.82, 2.24) is 5.32 Å². The van der Waals surface area contributed by atoms with Crippen molar-refractivity contribution in [3.63, 3.8) is 0 Å². The highest BCUT2D eigenvalue weighted by atomic mass is 35.5. The third-order valence-electron chi connectivity index (χ3n) is 5.07. The maximum Gasteiger partial charge on any atom is 0.253 e. The number of amides is 3. The summed E-state index contributed by atoms with van der Waals surface area (Å²) < 4.78 is 5.22. The van der Waals surface area contributed by atoms with Crippen LogP contribution in [0.25, 0.3) is 0 Å². The molecule has 31 heavy (non-hydrogen) atoms. The van der Waals surface area contributed by atoms with Gasteiger partial charge in [0.1, 0.15) is 5.76 Å². The monoisotopic (exact) mass is 437 g/mol. The van der Waals surface area contributed by atoms with Crippen LogP contribution >= 0.6 is 11.6 Å². The molecule has 1 aliphatic heterocycles. The SMILES string of the molecule is O=C(NCc1ccco1)c1ccccc1NC(=O)[C@H]1CC(=O)N(c2ccccc2Cl)C1. The van der Waals surface area contributed by atoms with Gasteiger partial charge in [-0.2, -0.15) is 0 Å². The van der Waals surface area contributed by atoms with Crippen LogP contribution < -0.4 is 15.5 Å². The van der Waals surface area contributed by atoms with Crippen LogP contribution in [0.4, 0.5) is 11.4 Å². The van der Waals surface area contributed by atoms with Crippen LogP contribution in [0, 0.1) is 5.92 Å². The maximum absolute atomic E-state index is 12.9. The number of anilines is 2. The normalized spacial score (nSPS) is 15.7. The predicted molar refractivity (Wildman–Crippen MR) is 117 cm³/mol. The van der Waals surface area contributed by atoms with E-state index in [4.69, 9.17) is 16.0 Å². The van der Waals surface area contributed by atoms with Crippen molar-refractivity contribution in [2.24, 2.45) is 5.92 Å². The van der Waals surface area contributed by atoms with Gasteiger partial charge in [0.05, 0.1) is 40.7 Å². The standard InChI is InChI=1S/C23H20ClN3O4/c24-18-8-2-4-10-20(18)27-14-15(12-21(27)28)22(29)26-19-9-3-1-7-17(19)23(30)25-13-16-6-5-11-31-16/h1-11,15H,12-14H2,(H,25,30)(H,26,29)/t15-/m0/s1.